The number of anilines is 1. The van der Waals surface area contributed by atoms with Gasteiger partial charge in [0.2, 0.25) is 5.82 Å². The van der Waals surface area contributed by atoms with E-state index >= 15 is 0 Å². The molecule has 0 saturated carbocycles. The first-order chi connectivity index (χ1) is 7.72. The van der Waals surface area contributed by atoms with Gasteiger partial charge in [0.15, 0.2) is 5.03 Å². The number of hydrogen-bond acceptors (Lipinski definition) is 8. The Morgan fingerprint density at radius 1 is 1.62 bits per heavy atom. The first-order valence-electron chi connectivity index (χ1n) is 4.42. The van der Waals surface area contributed by atoms with Gasteiger partial charge >= 0.3 is 5.69 Å². The van der Waals surface area contributed by atoms with Crippen molar-refractivity contribution in [2.45, 2.75) is 10.3 Å². The Morgan fingerprint density at radius 3 is 2.88 bits per heavy atom. The normalized spacial score (nSPS) is 15.6. The second-order valence-electron chi connectivity index (χ2n) is 3.05. The van der Waals surface area contributed by atoms with Gasteiger partial charge in [-0.15, -0.1) is 0 Å². The number of hydrogen-bond donors (Lipinski definition) is 2. The summed E-state index contributed by atoms with van der Waals surface area (Å²) in [7, 11) is 0. The molecule has 1 aromatic heterocycles. The van der Waals surface area contributed by atoms with E-state index in [0.29, 0.717) is 18.2 Å². The molecule has 86 valence electrons. The van der Waals surface area contributed by atoms with Crippen molar-refractivity contribution < 1.29 is 9.66 Å². The summed E-state index contributed by atoms with van der Waals surface area (Å²) < 4.78 is 4.99. The molecule has 0 radical (unpaired) electrons. The van der Waals surface area contributed by atoms with Crippen LogP contribution in [-0.2, 0) is 4.74 Å². The number of aromatic nitrogens is 2. The van der Waals surface area contributed by atoms with Crippen LogP contribution in [0.15, 0.2) is 11.4 Å². The predicted octanol–water partition coefficient (Wildman–Crippen LogP) is 0.161. The highest BCUT2D eigenvalue weighted by Crippen LogP contribution is 2.35. The van der Waals surface area contributed by atoms with Gasteiger partial charge in [0.25, 0.3) is 0 Å². The molecule has 1 saturated heterocycles. The molecule has 0 aliphatic carbocycles. The minimum Gasteiger partial charge on any atom is -0.379 e. The summed E-state index contributed by atoms with van der Waals surface area (Å²) in [4.78, 5) is 17.9. The van der Waals surface area contributed by atoms with E-state index in [2.05, 4.69) is 15.4 Å². The fourth-order valence-corrected chi connectivity index (χ4v) is 2.19. The van der Waals surface area contributed by atoms with Gasteiger partial charge in [-0.3, -0.25) is 10.1 Å². The quantitative estimate of drug-likeness (QED) is 0.332. The second kappa shape index (κ2) is 4.60. The Kier molecular flexibility index (Phi) is 3.17. The van der Waals surface area contributed by atoms with Crippen LogP contribution in [0.1, 0.15) is 0 Å². The lowest BCUT2D eigenvalue weighted by Crippen LogP contribution is -2.30. The molecule has 0 spiro atoms. The minimum absolute atomic E-state index is 0.0164. The lowest BCUT2D eigenvalue weighted by molar-refractivity contribution is -0.387. The third kappa shape index (κ3) is 2.05. The van der Waals surface area contributed by atoms with Crippen LogP contribution in [0.4, 0.5) is 11.5 Å². The highest BCUT2D eigenvalue weighted by Gasteiger charge is 2.28. The molecule has 0 aromatic carbocycles. The average molecular weight is 243 g/mol. The summed E-state index contributed by atoms with van der Waals surface area (Å²) >= 11 is 1.30. The molecule has 0 unspecified atom stereocenters. The summed E-state index contributed by atoms with van der Waals surface area (Å²) in [5.74, 6) is 5.17. The number of nitrogens with two attached hydrogens (primary N) is 1. The van der Waals surface area contributed by atoms with Crippen molar-refractivity contribution in [3.05, 3.63) is 16.4 Å². The summed E-state index contributed by atoms with van der Waals surface area (Å²) in [6.45, 7) is 1.16. The van der Waals surface area contributed by atoms with Crippen LogP contribution in [0.2, 0.25) is 0 Å². The molecule has 0 bridgehead atoms. The Labute approximate surface area is 94.7 Å². The number of nitrogen functional groups attached to an aromatic ring is 1. The van der Waals surface area contributed by atoms with E-state index < -0.39 is 4.92 Å². The van der Waals surface area contributed by atoms with Gasteiger partial charge in [-0.05, 0) is 0 Å². The van der Waals surface area contributed by atoms with Crippen LogP contribution in [0.25, 0.3) is 0 Å². The number of rotatable bonds is 4. The highest BCUT2D eigenvalue weighted by molar-refractivity contribution is 8.00. The zero-order chi connectivity index (χ0) is 11.5. The fourth-order valence-electron chi connectivity index (χ4n) is 1.16. The van der Waals surface area contributed by atoms with E-state index in [1.165, 1.54) is 18.1 Å². The Balaban J connectivity index is 2.30. The smallest absolute Gasteiger partial charge is 0.344 e. The average Bonchev–Trinajstić information content (AvgIpc) is 2.22. The first-order valence-corrected chi connectivity index (χ1v) is 5.30. The van der Waals surface area contributed by atoms with E-state index in [9.17, 15) is 10.1 Å². The largest absolute Gasteiger partial charge is 0.379 e. The Morgan fingerprint density at radius 2 is 2.38 bits per heavy atom. The van der Waals surface area contributed by atoms with Crippen LogP contribution in [0.3, 0.4) is 0 Å². The van der Waals surface area contributed by atoms with E-state index in [4.69, 9.17) is 10.6 Å². The summed E-state index contributed by atoms with van der Waals surface area (Å²) in [6, 6.07) is 0. The second-order valence-corrected chi connectivity index (χ2v) is 4.34. The number of ether oxygens (including phenoxy) is 1. The van der Waals surface area contributed by atoms with Gasteiger partial charge in [0, 0.05) is 0 Å². The van der Waals surface area contributed by atoms with Crippen LogP contribution < -0.4 is 11.3 Å². The lowest BCUT2D eigenvalue weighted by atomic mass is 10.4. The van der Waals surface area contributed by atoms with Crippen molar-refractivity contribution >= 4 is 23.3 Å². The zero-order valence-electron chi connectivity index (χ0n) is 8.12. The van der Waals surface area contributed by atoms with E-state index in [1.807, 2.05) is 0 Å². The van der Waals surface area contributed by atoms with Crippen molar-refractivity contribution in [1.82, 2.24) is 9.97 Å². The number of nitro groups is 1. The standard InChI is InChI=1S/C7H9N5O3S/c8-11-6-5(12(13)14)7(10-3-9-6)16-4-1-15-2-4/h3-4H,1-2,8H2,(H,9,10,11). The number of hydrazine groups is 1. The van der Waals surface area contributed by atoms with Gasteiger partial charge in [-0.2, -0.15) is 0 Å². The Hall–Kier alpha value is -1.45. The topological polar surface area (TPSA) is 116 Å². The SMILES string of the molecule is NNc1ncnc(SC2COC2)c1[N+](=O)[O-]. The van der Waals surface area contributed by atoms with Crippen LogP contribution in [0, 0.1) is 10.1 Å². The van der Waals surface area contributed by atoms with Crippen LogP contribution >= 0.6 is 11.8 Å². The molecular formula is C7H9N5O3S. The van der Waals surface area contributed by atoms with Gasteiger partial charge in [-0.1, -0.05) is 11.8 Å². The Bertz CT molecular complexity index is 411. The molecule has 8 nitrogen and oxygen atoms in total. The van der Waals surface area contributed by atoms with Crippen molar-refractivity contribution in [3.63, 3.8) is 0 Å². The molecular weight excluding hydrogens is 234 g/mol. The van der Waals surface area contributed by atoms with Crippen molar-refractivity contribution in [1.29, 1.82) is 0 Å². The molecule has 9 heteroatoms. The third-order valence-electron chi connectivity index (χ3n) is 1.99. The molecule has 0 amide bonds. The van der Waals surface area contributed by atoms with Crippen molar-refractivity contribution in [3.8, 4) is 0 Å². The summed E-state index contributed by atoms with van der Waals surface area (Å²) in [5.41, 5.74) is 2.00. The summed E-state index contributed by atoms with van der Waals surface area (Å²) in [6.07, 6.45) is 1.24. The zero-order valence-corrected chi connectivity index (χ0v) is 8.94. The third-order valence-corrected chi connectivity index (χ3v) is 3.12. The van der Waals surface area contributed by atoms with Crippen molar-refractivity contribution in [2.24, 2.45) is 5.84 Å². The van der Waals surface area contributed by atoms with Crippen molar-refractivity contribution in [2.75, 3.05) is 18.6 Å². The fraction of sp³-hybridized carbons (Fsp3) is 0.429. The maximum Gasteiger partial charge on any atom is 0.344 e. The number of thioether (sulfide) groups is 1. The van der Waals surface area contributed by atoms with Crippen LogP contribution in [-0.4, -0.2) is 33.4 Å². The number of nitrogens with one attached hydrogen (secondary N) is 1. The molecule has 2 rings (SSSR count). The highest BCUT2D eigenvalue weighted by atomic mass is 32.2. The molecule has 1 aliphatic rings. The van der Waals surface area contributed by atoms with E-state index in [0.717, 1.165) is 0 Å². The molecule has 3 N–H and O–H groups in total. The van der Waals surface area contributed by atoms with Gasteiger partial charge in [-0.25, -0.2) is 15.8 Å². The summed E-state index contributed by atoms with van der Waals surface area (Å²) in [5, 5.41) is 11.4. The van der Waals surface area contributed by atoms with Gasteiger partial charge in [0.05, 0.1) is 23.4 Å². The van der Waals surface area contributed by atoms with Crippen LogP contribution in [0.5, 0.6) is 0 Å². The molecule has 1 aromatic rings. The maximum atomic E-state index is 10.9. The first kappa shape index (κ1) is 11.0. The minimum atomic E-state index is -0.545. The van der Waals surface area contributed by atoms with E-state index in [-0.39, 0.29) is 16.8 Å². The lowest BCUT2D eigenvalue weighted by Gasteiger charge is -2.24. The van der Waals surface area contributed by atoms with E-state index in [1.54, 1.807) is 0 Å². The predicted molar refractivity (Wildman–Crippen MR) is 57.0 cm³/mol. The maximum absolute atomic E-state index is 10.9. The van der Waals surface area contributed by atoms with Gasteiger partial charge < -0.3 is 10.2 Å². The molecule has 1 fully saturated rings. The van der Waals surface area contributed by atoms with Gasteiger partial charge in [0.1, 0.15) is 6.33 Å². The number of nitrogens with zero attached hydrogens (tertiary/aromatic N) is 3. The molecule has 1 aliphatic heterocycles. The molecule has 2 heterocycles. The molecule has 16 heavy (non-hydrogen) atoms. The monoisotopic (exact) mass is 243 g/mol. The molecule has 0 atom stereocenters.